The van der Waals surface area contributed by atoms with Crippen molar-refractivity contribution in [1.29, 1.82) is 0 Å². The van der Waals surface area contributed by atoms with Crippen LogP contribution in [-0.4, -0.2) is 33.1 Å². The molecule has 3 heterocycles. The van der Waals surface area contributed by atoms with Crippen LogP contribution in [-0.2, 0) is 4.65 Å². The lowest BCUT2D eigenvalue weighted by atomic mass is 10.0. The summed E-state index contributed by atoms with van der Waals surface area (Å²) >= 11 is 4.89. The fraction of sp³-hybridized carbons (Fsp3) is 0.753. The smallest absolute Gasteiger partial charge is 0.505 e. The second-order valence-corrected chi connectivity index (χ2v) is 32.6. The maximum Gasteiger partial charge on any atom is 0.796 e. The zero-order valence-electron chi connectivity index (χ0n) is 62.9. The molecule has 0 saturated carbocycles. The molecule has 0 aliphatic rings. The normalized spacial score (nSPS) is 11.8. The molecule has 0 unspecified atom stereocenters. The molecule has 5 nitrogen and oxygen atoms in total. The van der Waals surface area contributed by atoms with Crippen LogP contribution in [0.3, 0.4) is 0 Å². The van der Waals surface area contributed by atoms with E-state index in [4.69, 9.17) is 18.9 Å². The molecule has 0 fully saturated rings. The van der Waals surface area contributed by atoms with Gasteiger partial charge in [0.05, 0.1) is 24.7 Å². The van der Waals surface area contributed by atoms with E-state index in [1.165, 1.54) is 332 Å². The Morgan fingerprint density at radius 2 is 0.635 bits per heavy atom. The lowest BCUT2D eigenvalue weighted by Crippen LogP contribution is -2.09. The number of rotatable bonds is 67. The summed E-state index contributed by atoms with van der Waals surface area (Å²) in [4.78, 5) is 20.9. The maximum absolute atomic E-state index is 14.8. The highest BCUT2D eigenvalue weighted by Crippen LogP contribution is 2.47. The zero-order chi connectivity index (χ0) is 68.7. The van der Waals surface area contributed by atoms with Crippen molar-refractivity contribution in [1.82, 2.24) is 0 Å². The molecule has 0 radical (unpaired) electrons. The second kappa shape index (κ2) is 57.5. The van der Waals surface area contributed by atoms with Crippen molar-refractivity contribution in [3.8, 4) is 38.8 Å². The van der Waals surface area contributed by atoms with Crippen LogP contribution in [0.5, 0.6) is 17.2 Å². The summed E-state index contributed by atoms with van der Waals surface area (Å²) in [6.45, 7) is 16.7. The summed E-state index contributed by atoms with van der Waals surface area (Å²) < 4.78 is 55.2. The summed E-state index contributed by atoms with van der Waals surface area (Å²) in [5.41, 5.74) is 3.47. The molecule has 0 atom stereocenters. The predicted molar refractivity (Wildman–Crippen MR) is 421 cm³/mol. The van der Waals surface area contributed by atoms with Gasteiger partial charge in [0.25, 0.3) is 0 Å². The average molecular weight is 1390 g/mol. The van der Waals surface area contributed by atoms with Gasteiger partial charge in [0, 0.05) is 47.2 Å². The van der Waals surface area contributed by atoms with Gasteiger partial charge in [0.15, 0.2) is 17.3 Å². The minimum atomic E-state index is -3.17. The van der Waals surface area contributed by atoms with Crippen LogP contribution in [0.25, 0.3) is 27.3 Å². The summed E-state index contributed by atoms with van der Waals surface area (Å²) in [5, 5.41) is 0. The van der Waals surface area contributed by atoms with Gasteiger partial charge < -0.3 is 18.9 Å². The Morgan fingerprint density at radius 1 is 0.354 bits per heavy atom. The lowest BCUT2D eigenvalue weighted by molar-refractivity contribution is 0.104. The Labute approximate surface area is 601 Å². The molecule has 0 bridgehead atoms. The number of carbonyl (C=O) groups is 1. The number of halogens is 2. The zero-order valence-corrected chi connectivity index (χ0v) is 65.3. The van der Waals surface area contributed by atoms with Gasteiger partial charge in [0.2, 0.25) is 5.75 Å². The molecule has 0 saturated heterocycles. The predicted octanol–water partition coefficient (Wildman–Crippen LogP) is 30.9. The highest BCUT2D eigenvalue weighted by Gasteiger charge is 2.27. The Hall–Kier alpha value is -3.15. The number of ether oxygens (including phenoxy) is 3. The molecular weight excluding hydrogens is 1250 g/mol. The number of benzene rings is 1. The van der Waals surface area contributed by atoms with Gasteiger partial charge in [-0.2, -0.15) is 0 Å². The van der Waals surface area contributed by atoms with Gasteiger partial charge in [0.1, 0.15) is 5.76 Å². The molecule has 1 aromatic carbocycles. The van der Waals surface area contributed by atoms with E-state index in [0.29, 0.717) is 47.5 Å². The average Bonchev–Trinajstić information content (AvgIpc) is 1.60. The van der Waals surface area contributed by atoms with E-state index in [1.807, 2.05) is 6.07 Å². The Bertz CT molecular complexity index is 2420. The van der Waals surface area contributed by atoms with E-state index in [-0.39, 0.29) is 5.76 Å². The van der Waals surface area contributed by atoms with Crippen LogP contribution in [0.2, 0.25) is 0 Å². The molecule has 0 N–H and O–H groups in total. The van der Waals surface area contributed by atoms with Crippen molar-refractivity contribution in [2.24, 2.45) is 0 Å². The van der Waals surface area contributed by atoms with Crippen LogP contribution in [0.1, 0.15) is 402 Å². The van der Waals surface area contributed by atoms with Crippen molar-refractivity contribution < 1.29 is 32.3 Å². The van der Waals surface area contributed by atoms with Gasteiger partial charge >= 0.3 is 7.47 Å². The fourth-order valence-electron chi connectivity index (χ4n) is 13.8. The van der Waals surface area contributed by atoms with Crippen LogP contribution < -0.4 is 14.2 Å². The Balaban J connectivity index is 1.45. The third kappa shape index (κ3) is 39.7. The Kier molecular flexibility index (Phi) is 51.1. The van der Waals surface area contributed by atoms with Gasteiger partial charge in [-0.15, -0.1) is 34.0 Å². The van der Waals surface area contributed by atoms with Gasteiger partial charge in [-0.25, -0.2) is 8.63 Å². The van der Waals surface area contributed by atoms with Crippen molar-refractivity contribution in [2.75, 3.05) is 19.8 Å². The summed E-state index contributed by atoms with van der Waals surface area (Å²) in [7, 11) is -3.17. The van der Waals surface area contributed by atoms with E-state index in [0.717, 1.165) is 72.9 Å². The fourth-order valence-corrected chi connectivity index (χ4v) is 16.9. The van der Waals surface area contributed by atoms with E-state index >= 15 is 0 Å². The first-order chi connectivity index (χ1) is 47.1. The minimum Gasteiger partial charge on any atom is -0.505 e. The molecule has 96 heavy (non-hydrogen) atoms. The third-order valence-corrected chi connectivity index (χ3v) is 22.7. The highest BCUT2D eigenvalue weighted by molar-refractivity contribution is 7.19. The molecule has 11 heteroatoms. The number of hydrogen-bond donors (Lipinski definition) is 0. The number of aryl methyl sites for hydroxylation is 4. The molecule has 4 rings (SSSR count). The minimum absolute atomic E-state index is 0.220. The van der Waals surface area contributed by atoms with E-state index in [2.05, 4.69) is 60.6 Å². The van der Waals surface area contributed by atoms with Gasteiger partial charge in [-0.3, -0.25) is 4.79 Å². The van der Waals surface area contributed by atoms with Gasteiger partial charge in [-0.1, -0.05) is 348 Å². The number of hydrogen-bond acceptors (Lipinski definition) is 8. The molecule has 0 aliphatic carbocycles. The number of ketones is 1. The largest absolute Gasteiger partial charge is 0.796 e. The van der Waals surface area contributed by atoms with Crippen molar-refractivity contribution in [3.63, 3.8) is 0 Å². The molecule has 546 valence electrons. The van der Waals surface area contributed by atoms with E-state index in [9.17, 15) is 13.4 Å². The number of allylic oxidation sites excluding steroid dienone is 1. The first-order valence-electron chi connectivity index (χ1n) is 40.6. The third-order valence-electron chi connectivity index (χ3n) is 19.6. The molecule has 0 amide bonds. The number of carbonyl (C=O) groups excluding carboxylic acids is 1. The van der Waals surface area contributed by atoms with Crippen molar-refractivity contribution >= 4 is 53.0 Å². The first kappa shape index (κ1) is 85.3. The van der Waals surface area contributed by atoms with Crippen molar-refractivity contribution in [3.05, 3.63) is 66.4 Å². The molecule has 3 aromatic heterocycles. The highest BCUT2D eigenvalue weighted by atomic mass is 32.1. The Morgan fingerprint density at radius 3 is 0.917 bits per heavy atom. The quantitative estimate of drug-likeness (QED) is 0.0145. The maximum atomic E-state index is 14.8. The molecular formula is C85H141BF2O5S3. The van der Waals surface area contributed by atoms with Crippen LogP contribution in [0.4, 0.5) is 8.63 Å². The van der Waals surface area contributed by atoms with Crippen molar-refractivity contribution in [2.45, 2.75) is 395 Å². The first-order valence-corrected chi connectivity index (χ1v) is 43.1. The monoisotopic (exact) mass is 1390 g/mol. The topological polar surface area (TPSA) is 54.0 Å². The summed E-state index contributed by atoms with van der Waals surface area (Å²) in [5.74, 6) is 0.780. The molecule has 0 aliphatic heterocycles. The van der Waals surface area contributed by atoms with Gasteiger partial charge in [-0.05, 0) is 82.9 Å². The van der Waals surface area contributed by atoms with Crippen LogP contribution >= 0.6 is 34.0 Å². The summed E-state index contributed by atoms with van der Waals surface area (Å²) in [6, 6.07) is 9.80. The number of unbranched alkanes of at least 4 members (excludes halogenated alkanes) is 51. The molecule has 4 aromatic rings. The molecule has 0 spiro atoms. The SMILES string of the molecule is CCCCCCCCCCCCCCCCCCCCOc1cc(/C(=C\C(=O)c2cc(-c3cc(C)sc3C)c(-c3cc(C)sc3C)s2)OB(F)F)cc(OCCCCCCCCCCCCCCCCCCCC)c1OCCCCCCCCCCCCCCCCCCCC. The second-order valence-electron chi connectivity index (χ2n) is 28.6. The van der Waals surface area contributed by atoms with Crippen LogP contribution in [0, 0.1) is 27.7 Å². The number of thiophene rings is 3. The summed E-state index contributed by atoms with van der Waals surface area (Å²) in [6.07, 6.45) is 71.8. The van der Waals surface area contributed by atoms with E-state index < -0.39 is 13.3 Å². The van der Waals surface area contributed by atoms with Crippen LogP contribution in [0.15, 0.2) is 36.4 Å². The lowest BCUT2D eigenvalue weighted by Gasteiger charge is -2.20. The standard InChI is InChI=1S/C85H141BF2O5S3/c1-8-11-14-17-20-23-26-29-32-35-38-41-44-47-50-53-56-59-62-90-81-67-75(80(93-86(87)88)70-79(89)83-69-78(76-65-71(4)94-73(76)6)85(96-83)77-66-72(5)95-74(77)7)68-82(91-63-60-57-54-51-48-45-42-39-36-33-30-27-24-21-18-15-12-9-2)84(81)92-64-61-58-55-52-49-46-43-40-37-34-31-28-25-22-19-16-13-10-3/h65-70H,8-64H2,1-7H3/b80-70+. The van der Waals surface area contributed by atoms with E-state index in [1.54, 1.807) is 34.8 Å².